The van der Waals surface area contributed by atoms with Crippen LogP contribution in [0.15, 0.2) is 91.0 Å². The third-order valence-electron chi connectivity index (χ3n) is 4.56. The van der Waals surface area contributed by atoms with Crippen molar-refractivity contribution in [1.82, 2.24) is 4.90 Å². The van der Waals surface area contributed by atoms with E-state index < -0.39 is 0 Å². The first kappa shape index (κ1) is 17.4. The third kappa shape index (κ3) is 5.28. The lowest BCUT2D eigenvalue weighted by molar-refractivity contribution is 0.181. The lowest BCUT2D eigenvalue weighted by Gasteiger charge is -2.31. The Bertz CT molecular complexity index is 684. The lowest BCUT2D eigenvalue weighted by atomic mass is 10.0. The van der Waals surface area contributed by atoms with Crippen LogP contribution in [-0.2, 0) is 19.5 Å². The molecule has 3 rings (SSSR count). The molecule has 0 fully saturated rings. The SMILES string of the molecule is NCC(Cc1ccccc1)N(Cc1ccccc1)Cc1ccccc1. The van der Waals surface area contributed by atoms with Crippen LogP contribution in [0.3, 0.4) is 0 Å². The van der Waals surface area contributed by atoms with Gasteiger partial charge in [0, 0.05) is 25.7 Å². The van der Waals surface area contributed by atoms with Crippen molar-refractivity contribution >= 4 is 0 Å². The van der Waals surface area contributed by atoms with Gasteiger partial charge in [0.05, 0.1) is 0 Å². The molecular formula is C23H26N2. The fraction of sp³-hybridized carbons (Fsp3) is 0.217. The molecule has 3 aromatic carbocycles. The third-order valence-corrected chi connectivity index (χ3v) is 4.56. The van der Waals surface area contributed by atoms with Crippen LogP contribution in [0.1, 0.15) is 16.7 Å². The van der Waals surface area contributed by atoms with E-state index in [1.165, 1.54) is 16.7 Å². The molecule has 0 saturated heterocycles. The quantitative estimate of drug-likeness (QED) is 0.669. The molecule has 2 N–H and O–H groups in total. The molecule has 1 atom stereocenters. The van der Waals surface area contributed by atoms with Crippen molar-refractivity contribution in [2.75, 3.05) is 6.54 Å². The average molecular weight is 330 g/mol. The number of hydrogen-bond donors (Lipinski definition) is 1. The van der Waals surface area contributed by atoms with E-state index in [2.05, 4.69) is 95.9 Å². The summed E-state index contributed by atoms with van der Waals surface area (Å²) in [5.74, 6) is 0. The minimum Gasteiger partial charge on any atom is -0.329 e. The highest BCUT2D eigenvalue weighted by atomic mass is 15.2. The highest BCUT2D eigenvalue weighted by molar-refractivity contribution is 5.19. The number of rotatable bonds is 8. The molecule has 2 heteroatoms. The maximum Gasteiger partial charge on any atom is 0.0265 e. The first-order chi connectivity index (χ1) is 12.3. The van der Waals surface area contributed by atoms with Crippen LogP contribution in [0.4, 0.5) is 0 Å². The van der Waals surface area contributed by atoms with Crippen molar-refractivity contribution in [2.45, 2.75) is 25.6 Å². The number of nitrogens with two attached hydrogens (primary N) is 1. The van der Waals surface area contributed by atoms with Gasteiger partial charge >= 0.3 is 0 Å². The summed E-state index contributed by atoms with van der Waals surface area (Å²) in [5, 5.41) is 0. The Labute approximate surface area is 150 Å². The van der Waals surface area contributed by atoms with Crippen molar-refractivity contribution in [3.63, 3.8) is 0 Å². The molecule has 1 unspecified atom stereocenters. The summed E-state index contributed by atoms with van der Waals surface area (Å²) < 4.78 is 0. The van der Waals surface area contributed by atoms with Crippen molar-refractivity contribution in [3.8, 4) is 0 Å². The van der Waals surface area contributed by atoms with Gasteiger partial charge in [0.25, 0.3) is 0 Å². The normalized spacial score (nSPS) is 12.2. The Balaban J connectivity index is 1.80. The Morgan fingerprint density at radius 2 is 1.00 bits per heavy atom. The Morgan fingerprint density at radius 1 is 0.600 bits per heavy atom. The number of nitrogens with zero attached hydrogens (tertiary/aromatic N) is 1. The smallest absolute Gasteiger partial charge is 0.0265 e. The van der Waals surface area contributed by atoms with Crippen LogP contribution in [0, 0.1) is 0 Å². The van der Waals surface area contributed by atoms with E-state index in [0.29, 0.717) is 12.6 Å². The molecule has 0 aliphatic carbocycles. The fourth-order valence-corrected chi connectivity index (χ4v) is 3.20. The second-order valence-electron chi connectivity index (χ2n) is 6.46. The van der Waals surface area contributed by atoms with Gasteiger partial charge in [0.1, 0.15) is 0 Å². The summed E-state index contributed by atoms with van der Waals surface area (Å²) >= 11 is 0. The van der Waals surface area contributed by atoms with Gasteiger partial charge in [-0.3, -0.25) is 4.90 Å². The molecule has 25 heavy (non-hydrogen) atoms. The fourth-order valence-electron chi connectivity index (χ4n) is 3.20. The molecule has 2 nitrogen and oxygen atoms in total. The standard InChI is InChI=1S/C23H26N2/c24-17-23(16-20-10-4-1-5-11-20)25(18-21-12-6-2-7-13-21)19-22-14-8-3-9-15-22/h1-15,23H,16-19,24H2. The van der Waals surface area contributed by atoms with Crippen LogP contribution in [0.2, 0.25) is 0 Å². The first-order valence-electron chi connectivity index (χ1n) is 8.91. The molecule has 0 spiro atoms. The summed E-state index contributed by atoms with van der Waals surface area (Å²) in [6.07, 6.45) is 0.969. The minimum atomic E-state index is 0.308. The second-order valence-corrected chi connectivity index (χ2v) is 6.46. The van der Waals surface area contributed by atoms with Crippen molar-refractivity contribution < 1.29 is 0 Å². The van der Waals surface area contributed by atoms with Crippen molar-refractivity contribution in [2.24, 2.45) is 5.73 Å². The summed E-state index contributed by atoms with van der Waals surface area (Å²) in [5.41, 5.74) is 10.2. The van der Waals surface area contributed by atoms with Gasteiger partial charge < -0.3 is 5.73 Å². The van der Waals surface area contributed by atoms with Gasteiger partial charge in [-0.25, -0.2) is 0 Å². The zero-order valence-electron chi connectivity index (χ0n) is 14.6. The molecule has 0 bridgehead atoms. The monoisotopic (exact) mass is 330 g/mol. The maximum absolute atomic E-state index is 6.19. The molecule has 0 saturated carbocycles. The van der Waals surface area contributed by atoms with Crippen LogP contribution >= 0.6 is 0 Å². The van der Waals surface area contributed by atoms with Gasteiger partial charge in [-0.15, -0.1) is 0 Å². The summed E-state index contributed by atoms with van der Waals surface area (Å²) in [6.45, 7) is 2.46. The number of hydrogen-bond acceptors (Lipinski definition) is 2. The number of benzene rings is 3. The topological polar surface area (TPSA) is 29.3 Å². The Morgan fingerprint density at radius 3 is 1.40 bits per heavy atom. The van der Waals surface area contributed by atoms with E-state index in [1.807, 2.05) is 0 Å². The molecule has 3 aromatic rings. The van der Waals surface area contributed by atoms with E-state index in [1.54, 1.807) is 0 Å². The second kappa shape index (κ2) is 9.16. The Kier molecular flexibility index (Phi) is 6.38. The average Bonchev–Trinajstić information content (AvgIpc) is 2.68. The van der Waals surface area contributed by atoms with E-state index in [-0.39, 0.29) is 0 Å². The molecular weight excluding hydrogens is 304 g/mol. The molecule has 128 valence electrons. The van der Waals surface area contributed by atoms with Gasteiger partial charge in [-0.05, 0) is 23.1 Å². The summed E-state index contributed by atoms with van der Waals surface area (Å²) in [4.78, 5) is 2.50. The van der Waals surface area contributed by atoms with E-state index in [4.69, 9.17) is 5.73 Å². The molecule has 0 amide bonds. The molecule has 0 heterocycles. The maximum atomic E-state index is 6.19. The van der Waals surface area contributed by atoms with Gasteiger partial charge in [-0.2, -0.15) is 0 Å². The predicted molar refractivity (Wildman–Crippen MR) is 105 cm³/mol. The lowest BCUT2D eigenvalue weighted by Crippen LogP contribution is -2.41. The Hall–Kier alpha value is -2.42. The molecule has 0 aliphatic rings. The molecule has 0 radical (unpaired) electrons. The van der Waals surface area contributed by atoms with Gasteiger partial charge in [-0.1, -0.05) is 91.0 Å². The first-order valence-corrected chi connectivity index (χ1v) is 8.91. The minimum absolute atomic E-state index is 0.308. The van der Waals surface area contributed by atoms with Crippen LogP contribution < -0.4 is 5.73 Å². The van der Waals surface area contributed by atoms with Crippen LogP contribution in [-0.4, -0.2) is 17.5 Å². The van der Waals surface area contributed by atoms with Crippen molar-refractivity contribution in [1.29, 1.82) is 0 Å². The van der Waals surface area contributed by atoms with E-state index in [9.17, 15) is 0 Å². The largest absolute Gasteiger partial charge is 0.329 e. The van der Waals surface area contributed by atoms with Crippen LogP contribution in [0.5, 0.6) is 0 Å². The zero-order chi connectivity index (χ0) is 17.3. The van der Waals surface area contributed by atoms with Crippen LogP contribution in [0.25, 0.3) is 0 Å². The highest BCUT2D eigenvalue weighted by Gasteiger charge is 2.18. The summed E-state index contributed by atoms with van der Waals surface area (Å²) in [7, 11) is 0. The molecule has 0 aromatic heterocycles. The van der Waals surface area contributed by atoms with E-state index in [0.717, 1.165) is 19.5 Å². The predicted octanol–water partition coefficient (Wildman–Crippen LogP) is 4.26. The summed E-state index contributed by atoms with van der Waals surface area (Å²) in [6, 6.07) is 32.2. The van der Waals surface area contributed by atoms with Gasteiger partial charge in [0.2, 0.25) is 0 Å². The van der Waals surface area contributed by atoms with E-state index >= 15 is 0 Å². The molecule has 0 aliphatic heterocycles. The highest BCUT2D eigenvalue weighted by Crippen LogP contribution is 2.16. The van der Waals surface area contributed by atoms with Gasteiger partial charge in [0.15, 0.2) is 0 Å². The van der Waals surface area contributed by atoms with Crippen molar-refractivity contribution in [3.05, 3.63) is 108 Å². The zero-order valence-corrected chi connectivity index (χ0v) is 14.6.